The lowest BCUT2D eigenvalue weighted by Crippen LogP contribution is -2.30. The van der Waals surface area contributed by atoms with Crippen molar-refractivity contribution in [2.75, 3.05) is 9.03 Å². The van der Waals surface area contributed by atoms with E-state index in [1.54, 1.807) is 5.38 Å². The molecule has 0 radical (unpaired) electrons. The maximum atomic E-state index is 12.8. The second kappa shape index (κ2) is 6.15. The van der Waals surface area contributed by atoms with Gasteiger partial charge in [0.05, 0.1) is 11.2 Å². The fraction of sp³-hybridized carbons (Fsp3) is 0. The number of amides is 1. The minimum absolute atomic E-state index is 0.0951. The predicted molar refractivity (Wildman–Crippen MR) is 99.8 cm³/mol. The first-order chi connectivity index (χ1) is 12.8. The van der Waals surface area contributed by atoms with Crippen molar-refractivity contribution in [1.29, 1.82) is 0 Å². The Hall–Kier alpha value is -2.76. The number of rotatable bonds is 3. The monoisotopic (exact) mass is 421 g/mol. The molecular formula is C16H11N3O5S3. The SMILES string of the molecule is O=C(Nc1cccc(N2S(=O)(=O)c3ccccc3S2(=O)=O)c1)c1cscn1. The third kappa shape index (κ3) is 2.80. The van der Waals surface area contributed by atoms with Gasteiger partial charge in [-0.05, 0) is 30.3 Å². The summed E-state index contributed by atoms with van der Waals surface area (Å²) < 4.78 is 51.5. The van der Waals surface area contributed by atoms with Crippen LogP contribution in [0.5, 0.6) is 0 Å². The molecule has 3 aromatic rings. The number of fused-ring (bicyclic) bond motifs is 1. The van der Waals surface area contributed by atoms with Gasteiger partial charge in [0.1, 0.15) is 15.5 Å². The van der Waals surface area contributed by atoms with Gasteiger partial charge in [0, 0.05) is 11.1 Å². The van der Waals surface area contributed by atoms with E-state index in [0.717, 1.165) is 0 Å². The van der Waals surface area contributed by atoms with Gasteiger partial charge in [-0.15, -0.1) is 11.3 Å². The molecular weight excluding hydrogens is 410 g/mol. The van der Waals surface area contributed by atoms with E-state index in [0.29, 0.717) is 3.71 Å². The van der Waals surface area contributed by atoms with Crippen LogP contribution in [0.15, 0.2) is 69.2 Å². The molecule has 1 amide bonds. The average molecular weight is 421 g/mol. The first kappa shape index (κ1) is 17.6. The van der Waals surface area contributed by atoms with Crippen LogP contribution in [0.25, 0.3) is 0 Å². The van der Waals surface area contributed by atoms with Crippen molar-refractivity contribution in [2.45, 2.75) is 9.79 Å². The number of nitrogens with one attached hydrogen (secondary N) is 1. The lowest BCUT2D eigenvalue weighted by molar-refractivity contribution is 0.102. The van der Waals surface area contributed by atoms with Crippen LogP contribution in [-0.4, -0.2) is 27.7 Å². The second-order valence-corrected chi connectivity index (χ2v) is 9.99. The van der Waals surface area contributed by atoms with E-state index in [2.05, 4.69) is 10.3 Å². The number of carbonyl (C=O) groups is 1. The summed E-state index contributed by atoms with van der Waals surface area (Å²) in [6.45, 7) is 0. The van der Waals surface area contributed by atoms with E-state index in [9.17, 15) is 21.6 Å². The molecule has 138 valence electrons. The Morgan fingerprint density at radius 2 is 1.63 bits per heavy atom. The average Bonchev–Trinajstić information content (AvgIpc) is 3.21. The number of hydrogen-bond acceptors (Lipinski definition) is 7. The number of sulfonamides is 2. The quantitative estimate of drug-likeness (QED) is 0.694. The van der Waals surface area contributed by atoms with Crippen LogP contribution in [0.2, 0.25) is 0 Å². The molecule has 2 aromatic carbocycles. The number of aromatic nitrogens is 1. The lowest BCUT2D eigenvalue weighted by atomic mass is 10.3. The van der Waals surface area contributed by atoms with Crippen LogP contribution >= 0.6 is 11.3 Å². The van der Waals surface area contributed by atoms with E-state index in [4.69, 9.17) is 0 Å². The van der Waals surface area contributed by atoms with Crippen molar-refractivity contribution in [3.8, 4) is 0 Å². The molecule has 11 heteroatoms. The van der Waals surface area contributed by atoms with E-state index < -0.39 is 26.0 Å². The zero-order valence-electron chi connectivity index (χ0n) is 13.4. The summed E-state index contributed by atoms with van der Waals surface area (Å²) in [6, 6.07) is 11.0. The van der Waals surface area contributed by atoms with Crippen LogP contribution in [0.3, 0.4) is 0 Å². The Labute approximate surface area is 159 Å². The van der Waals surface area contributed by atoms with Crippen LogP contribution in [0.1, 0.15) is 10.5 Å². The number of thiazole rings is 1. The van der Waals surface area contributed by atoms with Gasteiger partial charge in [-0.2, -0.15) is 20.5 Å². The van der Waals surface area contributed by atoms with Crippen LogP contribution in [0.4, 0.5) is 11.4 Å². The summed E-state index contributed by atoms with van der Waals surface area (Å²) in [5, 5.41) is 4.13. The Kier molecular flexibility index (Phi) is 4.02. The molecule has 0 spiro atoms. The van der Waals surface area contributed by atoms with Gasteiger partial charge in [0.2, 0.25) is 0 Å². The first-order valence-corrected chi connectivity index (χ1v) is 11.3. The maximum Gasteiger partial charge on any atom is 0.279 e. The smallest absolute Gasteiger partial charge is 0.279 e. The highest BCUT2D eigenvalue weighted by Crippen LogP contribution is 2.40. The highest BCUT2D eigenvalue weighted by atomic mass is 32.3. The van der Waals surface area contributed by atoms with E-state index in [1.165, 1.54) is 65.4 Å². The van der Waals surface area contributed by atoms with Crippen LogP contribution < -0.4 is 9.03 Å². The molecule has 0 saturated heterocycles. The van der Waals surface area contributed by atoms with Gasteiger partial charge >= 0.3 is 0 Å². The molecule has 4 rings (SSSR count). The topological polar surface area (TPSA) is 114 Å². The standard InChI is InChI=1S/C16H11N3O5S3/c20-16(13-9-25-10-17-13)18-11-4-3-5-12(8-11)19-26(21,22)14-6-1-2-7-15(14)27(19,23)24/h1-10H,(H,18,20). The Bertz CT molecular complexity index is 1200. The molecule has 0 aliphatic carbocycles. The molecule has 1 aliphatic heterocycles. The molecule has 8 nitrogen and oxygen atoms in total. The van der Waals surface area contributed by atoms with Crippen molar-refractivity contribution >= 4 is 48.7 Å². The van der Waals surface area contributed by atoms with Gasteiger partial charge in [0.25, 0.3) is 26.0 Å². The summed E-state index contributed by atoms with van der Waals surface area (Å²) in [6.07, 6.45) is 0. The minimum Gasteiger partial charge on any atom is -0.321 e. The van der Waals surface area contributed by atoms with Gasteiger partial charge in [-0.25, -0.2) is 4.98 Å². The molecule has 0 fully saturated rings. The summed E-state index contributed by atoms with van der Waals surface area (Å²) in [5.74, 6) is -0.483. The highest BCUT2D eigenvalue weighted by molar-refractivity contribution is 8.12. The number of nitrogens with zero attached hydrogens (tertiary/aromatic N) is 2. The fourth-order valence-corrected chi connectivity index (χ4v) is 7.64. The van der Waals surface area contributed by atoms with E-state index >= 15 is 0 Å². The molecule has 0 bridgehead atoms. The summed E-state index contributed by atoms with van der Waals surface area (Å²) in [7, 11) is -8.55. The number of benzene rings is 2. The normalized spacial score (nSPS) is 16.7. The fourth-order valence-electron chi connectivity index (χ4n) is 2.68. The van der Waals surface area contributed by atoms with Crippen molar-refractivity contribution < 1.29 is 21.6 Å². The van der Waals surface area contributed by atoms with Crippen molar-refractivity contribution in [1.82, 2.24) is 4.98 Å². The Morgan fingerprint density at radius 1 is 0.963 bits per heavy atom. The Balaban J connectivity index is 1.76. The molecule has 0 saturated carbocycles. The zero-order chi connectivity index (χ0) is 19.2. The largest absolute Gasteiger partial charge is 0.321 e. The number of anilines is 2. The van der Waals surface area contributed by atoms with Gasteiger partial charge < -0.3 is 5.32 Å². The van der Waals surface area contributed by atoms with Crippen molar-refractivity contribution in [3.05, 3.63) is 65.1 Å². The molecule has 1 aliphatic rings. The third-order valence-corrected chi connectivity index (χ3v) is 8.83. The molecule has 1 aromatic heterocycles. The van der Waals surface area contributed by atoms with E-state index in [-0.39, 0.29) is 26.9 Å². The van der Waals surface area contributed by atoms with Gasteiger partial charge in [-0.1, -0.05) is 18.2 Å². The predicted octanol–water partition coefficient (Wildman–Crippen LogP) is 2.29. The maximum absolute atomic E-state index is 12.8. The van der Waals surface area contributed by atoms with E-state index in [1.807, 2.05) is 0 Å². The van der Waals surface area contributed by atoms with Gasteiger partial charge in [-0.3, -0.25) is 4.79 Å². The van der Waals surface area contributed by atoms with Crippen LogP contribution in [-0.2, 0) is 20.0 Å². The highest BCUT2D eigenvalue weighted by Gasteiger charge is 2.47. The second-order valence-electron chi connectivity index (χ2n) is 5.53. The van der Waals surface area contributed by atoms with Crippen molar-refractivity contribution in [3.63, 3.8) is 0 Å². The molecule has 2 heterocycles. The third-order valence-electron chi connectivity index (χ3n) is 3.82. The number of carbonyl (C=O) groups excluding carboxylic acids is 1. The summed E-state index contributed by atoms with van der Waals surface area (Å²) >= 11 is 1.26. The first-order valence-electron chi connectivity index (χ1n) is 7.51. The summed E-state index contributed by atoms with van der Waals surface area (Å²) in [5.41, 5.74) is 1.86. The lowest BCUT2D eigenvalue weighted by Gasteiger charge is -2.17. The Morgan fingerprint density at radius 3 is 2.22 bits per heavy atom. The molecule has 0 unspecified atom stereocenters. The van der Waals surface area contributed by atoms with Gasteiger partial charge in [0.15, 0.2) is 0 Å². The van der Waals surface area contributed by atoms with Crippen LogP contribution in [0, 0.1) is 0 Å². The zero-order valence-corrected chi connectivity index (χ0v) is 15.9. The number of hydrogen-bond donors (Lipinski definition) is 1. The minimum atomic E-state index is -4.27. The molecule has 1 N–H and O–H groups in total. The van der Waals surface area contributed by atoms with Crippen molar-refractivity contribution in [2.24, 2.45) is 0 Å². The molecule has 27 heavy (non-hydrogen) atoms. The summed E-state index contributed by atoms with van der Waals surface area (Å²) in [4.78, 5) is 15.5. The molecule has 0 atom stereocenters.